The molecule has 226 valence electrons. The Labute approximate surface area is 243 Å². The number of phenolic OH excluding ortho intramolecular Hbond substituents is 1. The van der Waals surface area contributed by atoms with Gasteiger partial charge in [0.2, 0.25) is 5.84 Å². The highest BCUT2D eigenvalue weighted by molar-refractivity contribution is 7.94. The first kappa shape index (κ1) is 33.0. The molecule has 0 amide bonds. The minimum absolute atomic E-state index is 0.150. The number of sulfone groups is 1. The van der Waals surface area contributed by atoms with Crippen LogP contribution in [0.15, 0.2) is 96.7 Å². The maximum Gasteiger partial charge on any atom is 0.397 e. The molecule has 3 aromatic rings. The van der Waals surface area contributed by atoms with E-state index in [0.717, 1.165) is 24.3 Å². The van der Waals surface area contributed by atoms with Crippen LogP contribution in [-0.2, 0) is 43.9 Å². The summed E-state index contributed by atoms with van der Waals surface area (Å²) in [5.41, 5.74) is 2.38. The summed E-state index contributed by atoms with van der Waals surface area (Å²) in [6, 6.07) is 14.6. The first-order valence-electron chi connectivity index (χ1n) is 10.9. The van der Waals surface area contributed by atoms with Crippen molar-refractivity contribution in [3.63, 3.8) is 0 Å². The third-order valence-corrected chi connectivity index (χ3v) is 8.47. The lowest BCUT2D eigenvalue weighted by Crippen LogP contribution is -2.15. The van der Waals surface area contributed by atoms with E-state index in [1.807, 2.05) is 0 Å². The van der Waals surface area contributed by atoms with Crippen LogP contribution in [0.3, 0.4) is 0 Å². The molecule has 0 radical (unpaired) electrons. The van der Waals surface area contributed by atoms with Crippen molar-refractivity contribution in [2.75, 3.05) is 17.8 Å². The summed E-state index contributed by atoms with van der Waals surface area (Å²) in [6.07, 6.45) is 0. The van der Waals surface area contributed by atoms with Crippen molar-refractivity contribution < 1.29 is 58.3 Å². The van der Waals surface area contributed by atoms with Crippen molar-refractivity contribution in [1.29, 1.82) is 0 Å². The smallest absolute Gasteiger partial charge is 0.397 e. The molecule has 0 heterocycles. The molecule has 3 rings (SSSR count). The Morgan fingerprint density at radius 3 is 2.26 bits per heavy atom. The zero-order valence-electron chi connectivity index (χ0n) is 20.7. The molecule has 0 aliphatic rings. The second-order valence-electron chi connectivity index (χ2n) is 7.69. The molecule has 0 aliphatic heterocycles. The molecule has 17 nitrogen and oxygen atoms in total. The van der Waals surface area contributed by atoms with E-state index in [9.17, 15) is 34.9 Å². The van der Waals surface area contributed by atoms with Crippen molar-refractivity contribution >= 4 is 59.6 Å². The Balaban J connectivity index is 1.93. The van der Waals surface area contributed by atoms with E-state index < -0.39 is 58.3 Å². The van der Waals surface area contributed by atoms with Crippen molar-refractivity contribution in [3.05, 3.63) is 72.3 Å². The van der Waals surface area contributed by atoms with Gasteiger partial charge in [0.15, 0.2) is 9.84 Å². The fourth-order valence-corrected chi connectivity index (χ4v) is 5.55. The summed E-state index contributed by atoms with van der Waals surface area (Å²) in [5, 5.41) is 34.1. The highest BCUT2D eigenvalue weighted by Crippen LogP contribution is 2.31. The van der Waals surface area contributed by atoms with Gasteiger partial charge in [-0.3, -0.25) is 14.5 Å². The molecule has 0 fully saturated rings. The summed E-state index contributed by atoms with van der Waals surface area (Å²) in [6.45, 7) is -0.865. The van der Waals surface area contributed by atoms with Crippen LogP contribution in [-0.4, -0.2) is 62.9 Å². The van der Waals surface area contributed by atoms with Gasteiger partial charge in [0, 0.05) is 16.5 Å². The van der Waals surface area contributed by atoms with E-state index in [1.54, 1.807) is 30.3 Å². The van der Waals surface area contributed by atoms with Crippen LogP contribution in [0, 0.1) is 0 Å². The fourth-order valence-electron chi connectivity index (χ4n) is 3.02. The molecule has 42 heavy (non-hydrogen) atoms. The van der Waals surface area contributed by atoms with E-state index in [0.29, 0.717) is 17.6 Å². The van der Waals surface area contributed by atoms with Crippen molar-refractivity contribution in [3.8, 4) is 5.75 Å². The maximum absolute atomic E-state index is 12.4. The Morgan fingerprint density at radius 1 is 0.929 bits per heavy atom. The minimum Gasteiger partial charge on any atom is -0.506 e. The van der Waals surface area contributed by atoms with Gasteiger partial charge in [0.05, 0.1) is 35.0 Å². The van der Waals surface area contributed by atoms with Crippen LogP contribution in [0.1, 0.15) is 5.56 Å². The first-order valence-corrected chi connectivity index (χ1v) is 16.1. The Hall–Kier alpha value is -3.51. The molecule has 3 aromatic carbocycles. The van der Waals surface area contributed by atoms with Crippen LogP contribution < -0.4 is 5.43 Å². The first-order chi connectivity index (χ1) is 19.7. The van der Waals surface area contributed by atoms with Crippen LogP contribution in [0.5, 0.6) is 5.75 Å². The van der Waals surface area contributed by atoms with Gasteiger partial charge < -0.3 is 5.11 Å². The Morgan fingerprint density at radius 2 is 1.64 bits per heavy atom. The average Bonchev–Trinajstić information content (AvgIpc) is 2.91. The second kappa shape index (κ2) is 14.1. The number of phenols is 1. The molecule has 0 bridgehead atoms. The molecule has 5 N–H and O–H groups in total. The lowest BCUT2D eigenvalue weighted by Gasteiger charge is -2.09. The minimum atomic E-state index is -4.84. The van der Waals surface area contributed by atoms with Gasteiger partial charge in [-0.2, -0.15) is 21.9 Å². The standard InChI is InChI=1S/C21H20N4O13S4/c26-19-13-16(40(28,29)11-10-36-42(33,34)35)7-8-17(19)22-24-21(14-4-2-1-3-5-14)25-23-18-12-15(39-38-37-27)6-9-20(18)41(30,31)32/h1-9,12-13,23,26-27H,10-11H2,(H,30,31,32)(H,33,34,35). The Bertz CT molecular complexity index is 1800. The number of aromatic hydroxyl groups is 1. The number of hydrogen-bond acceptors (Lipinski definition) is 15. The monoisotopic (exact) mass is 664 g/mol. The van der Waals surface area contributed by atoms with E-state index in [1.165, 1.54) is 12.1 Å². The molecule has 0 unspecified atom stereocenters. The van der Waals surface area contributed by atoms with E-state index >= 15 is 0 Å². The number of benzene rings is 3. The van der Waals surface area contributed by atoms with Gasteiger partial charge >= 0.3 is 10.4 Å². The number of amidine groups is 1. The van der Waals surface area contributed by atoms with Crippen LogP contribution in [0.25, 0.3) is 0 Å². The molecule has 0 atom stereocenters. The predicted molar refractivity (Wildman–Crippen MR) is 146 cm³/mol. The van der Waals surface area contributed by atoms with Crippen LogP contribution >= 0.6 is 12.0 Å². The third-order valence-electron chi connectivity index (χ3n) is 4.85. The zero-order valence-corrected chi connectivity index (χ0v) is 24.0. The predicted octanol–water partition coefficient (Wildman–Crippen LogP) is 3.22. The van der Waals surface area contributed by atoms with Gasteiger partial charge in [-0.1, -0.05) is 35.4 Å². The Kier molecular flexibility index (Phi) is 11.1. The molecule has 0 spiro atoms. The van der Waals surface area contributed by atoms with E-state index in [2.05, 4.69) is 34.3 Å². The van der Waals surface area contributed by atoms with Gasteiger partial charge in [0.1, 0.15) is 16.3 Å². The quantitative estimate of drug-likeness (QED) is 0.0334. The number of anilines is 1. The number of hydrazone groups is 1. The summed E-state index contributed by atoms with van der Waals surface area (Å²) in [5.74, 6) is -1.60. The zero-order chi connectivity index (χ0) is 31.0. The van der Waals surface area contributed by atoms with Gasteiger partial charge in [0.25, 0.3) is 10.1 Å². The third kappa shape index (κ3) is 9.80. The number of nitrogens with zero attached hydrogens (tertiary/aromatic N) is 3. The van der Waals surface area contributed by atoms with Gasteiger partial charge in [-0.25, -0.2) is 17.9 Å². The molecular formula is C21H20N4O13S4. The molecular weight excluding hydrogens is 645 g/mol. The molecule has 0 aliphatic carbocycles. The topological polar surface area (TPSA) is 260 Å². The van der Waals surface area contributed by atoms with Crippen molar-refractivity contribution in [2.45, 2.75) is 14.7 Å². The largest absolute Gasteiger partial charge is 0.506 e. The summed E-state index contributed by atoms with van der Waals surface area (Å²) in [7, 11) is -13.7. The average molecular weight is 665 g/mol. The van der Waals surface area contributed by atoms with Crippen LogP contribution in [0.2, 0.25) is 0 Å². The van der Waals surface area contributed by atoms with Crippen LogP contribution in [0.4, 0.5) is 11.4 Å². The molecule has 0 saturated carbocycles. The molecule has 0 aromatic heterocycles. The van der Waals surface area contributed by atoms with Gasteiger partial charge in [-0.05, 0) is 30.3 Å². The number of rotatable bonds is 13. The summed E-state index contributed by atoms with van der Waals surface area (Å²) in [4.78, 5) is -0.745. The van der Waals surface area contributed by atoms with Gasteiger partial charge in [-0.15, -0.1) is 14.6 Å². The molecule has 0 saturated heterocycles. The number of hydrogen-bond donors (Lipinski definition) is 5. The highest BCUT2D eigenvalue weighted by Gasteiger charge is 2.19. The lowest BCUT2D eigenvalue weighted by molar-refractivity contribution is -0.432. The number of azo groups is 1. The summed E-state index contributed by atoms with van der Waals surface area (Å²) < 4.78 is 96.2. The van der Waals surface area contributed by atoms with Crippen molar-refractivity contribution in [2.24, 2.45) is 15.3 Å². The maximum atomic E-state index is 12.4. The van der Waals surface area contributed by atoms with E-state index in [-0.39, 0.29) is 22.1 Å². The lowest BCUT2D eigenvalue weighted by atomic mass is 10.2. The number of nitrogens with one attached hydrogen (secondary N) is 1. The highest BCUT2D eigenvalue weighted by atomic mass is 32.3. The SMILES string of the molecule is O=S(=O)(O)OCCS(=O)(=O)c1ccc(N=NC(=NNc2cc(SOOO)ccc2S(=O)(=O)O)c2ccccc2)c(O)c1. The normalized spacial score (nSPS) is 13.0. The fraction of sp³-hybridized carbons (Fsp3) is 0.0952. The van der Waals surface area contributed by atoms with E-state index in [4.69, 9.17) is 9.81 Å². The summed E-state index contributed by atoms with van der Waals surface area (Å²) >= 11 is 0.507. The molecule has 21 heteroatoms. The second-order valence-corrected chi connectivity index (χ2v) is 13.1. The van der Waals surface area contributed by atoms with Crippen molar-refractivity contribution in [1.82, 2.24) is 0 Å².